The predicted octanol–water partition coefficient (Wildman–Crippen LogP) is 2.83. The lowest BCUT2D eigenvalue weighted by atomic mass is 9.80. The molecular formula is C13H27NO. The number of hydrogen-bond acceptors (Lipinski definition) is 2. The van der Waals surface area contributed by atoms with E-state index in [1.165, 1.54) is 19.3 Å². The van der Waals surface area contributed by atoms with Crippen LogP contribution < -0.4 is 5.32 Å². The van der Waals surface area contributed by atoms with Gasteiger partial charge in [-0.3, -0.25) is 0 Å². The van der Waals surface area contributed by atoms with Crippen LogP contribution in [0.25, 0.3) is 0 Å². The monoisotopic (exact) mass is 213 g/mol. The van der Waals surface area contributed by atoms with Gasteiger partial charge in [0.2, 0.25) is 0 Å². The summed E-state index contributed by atoms with van der Waals surface area (Å²) in [7, 11) is 0. The summed E-state index contributed by atoms with van der Waals surface area (Å²) in [5, 5.41) is 3.68. The van der Waals surface area contributed by atoms with Gasteiger partial charge in [-0.2, -0.15) is 0 Å². The lowest BCUT2D eigenvalue weighted by molar-refractivity contribution is 0.141. The van der Waals surface area contributed by atoms with Crippen LogP contribution in [0.3, 0.4) is 0 Å². The Balaban J connectivity index is 2.08. The maximum atomic E-state index is 5.33. The van der Waals surface area contributed by atoms with Gasteiger partial charge in [0.05, 0.1) is 0 Å². The van der Waals surface area contributed by atoms with Gasteiger partial charge in [0.25, 0.3) is 0 Å². The van der Waals surface area contributed by atoms with E-state index in [0.29, 0.717) is 0 Å². The van der Waals surface area contributed by atoms with Gasteiger partial charge in [0.15, 0.2) is 0 Å². The molecule has 3 unspecified atom stereocenters. The largest absolute Gasteiger partial charge is 0.382 e. The van der Waals surface area contributed by atoms with Crippen LogP contribution in [0.5, 0.6) is 0 Å². The molecule has 0 aliphatic heterocycles. The normalized spacial score (nSPS) is 31.8. The Morgan fingerprint density at radius 1 is 1.27 bits per heavy atom. The van der Waals surface area contributed by atoms with E-state index in [-0.39, 0.29) is 0 Å². The third-order valence-corrected chi connectivity index (χ3v) is 3.53. The van der Waals surface area contributed by atoms with Crippen LogP contribution in [-0.2, 0) is 4.74 Å². The van der Waals surface area contributed by atoms with Gasteiger partial charge >= 0.3 is 0 Å². The fourth-order valence-corrected chi connectivity index (χ4v) is 2.42. The minimum atomic E-state index is 0.746. The van der Waals surface area contributed by atoms with Crippen molar-refractivity contribution in [2.45, 2.75) is 52.5 Å². The second kappa shape index (κ2) is 7.24. The number of rotatable bonds is 6. The summed E-state index contributed by atoms with van der Waals surface area (Å²) < 4.78 is 5.33. The Morgan fingerprint density at radius 2 is 2.07 bits per heavy atom. The molecule has 0 amide bonds. The third-order valence-electron chi connectivity index (χ3n) is 3.53. The van der Waals surface area contributed by atoms with Crippen LogP contribution in [0.2, 0.25) is 0 Å². The van der Waals surface area contributed by atoms with Crippen molar-refractivity contribution in [3.63, 3.8) is 0 Å². The number of hydrogen-bond donors (Lipinski definition) is 1. The second-order valence-corrected chi connectivity index (χ2v) is 5.01. The van der Waals surface area contributed by atoms with Gasteiger partial charge < -0.3 is 10.1 Å². The highest BCUT2D eigenvalue weighted by Crippen LogP contribution is 2.28. The number of ether oxygens (including phenoxy) is 1. The van der Waals surface area contributed by atoms with Crippen LogP contribution in [-0.4, -0.2) is 25.8 Å². The summed E-state index contributed by atoms with van der Waals surface area (Å²) in [4.78, 5) is 0. The lowest BCUT2D eigenvalue weighted by Gasteiger charge is -2.33. The van der Waals surface area contributed by atoms with Crippen molar-refractivity contribution < 1.29 is 4.74 Å². The first-order valence-corrected chi connectivity index (χ1v) is 6.55. The van der Waals surface area contributed by atoms with Gasteiger partial charge in [-0.1, -0.05) is 20.3 Å². The molecule has 1 N–H and O–H groups in total. The topological polar surface area (TPSA) is 21.3 Å². The molecule has 0 bridgehead atoms. The molecule has 0 heterocycles. The van der Waals surface area contributed by atoms with E-state index >= 15 is 0 Å². The molecule has 1 fully saturated rings. The van der Waals surface area contributed by atoms with Crippen molar-refractivity contribution in [2.24, 2.45) is 11.8 Å². The standard InChI is InChI=1S/C13H27NO/c1-4-15-9-5-8-14-13-10-11(2)6-7-12(13)3/h11-14H,4-10H2,1-3H3. The van der Waals surface area contributed by atoms with Crippen molar-refractivity contribution in [3.05, 3.63) is 0 Å². The van der Waals surface area contributed by atoms with Crippen molar-refractivity contribution >= 4 is 0 Å². The average molecular weight is 213 g/mol. The van der Waals surface area contributed by atoms with E-state index < -0.39 is 0 Å². The summed E-state index contributed by atoms with van der Waals surface area (Å²) >= 11 is 0. The molecule has 1 aliphatic carbocycles. The second-order valence-electron chi connectivity index (χ2n) is 5.01. The SMILES string of the molecule is CCOCCCNC1CC(C)CCC1C. The van der Waals surface area contributed by atoms with E-state index in [1.54, 1.807) is 0 Å². The molecule has 3 atom stereocenters. The van der Waals surface area contributed by atoms with Crippen molar-refractivity contribution in [1.29, 1.82) is 0 Å². The lowest BCUT2D eigenvalue weighted by Crippen LogP contribution is -2.40. The Bertz CT molecular complexity index is 161. The molecular weight excluding hydrogens is 186 g/mol. The maximum absolute atomic E-state index is 5.33. The van der Waals surface area contributed by atoms with Crippen molar-refractivity contribution in [2.75, 3.05) is 19.8 Å². The van der Waals surface area contributed by atoms with Crippen molar-refractivity contribution in [1.82, 2.24) is 5.32 Å². The maximum Gasteiger partial charge on any atom is 0.0477 e. The minimum absolute atomic E-state index is 0.746. The zero-order chi connectivity index (χ0) is 11.1. The summed E-state index contributed by atoms with van der Waals surface area (Å²) in [6.07, 6.45) is 5.31. The van der Waals surface area contributed by atoms with Crippen molar-refractivity contribution in [3.8, 4) is 0 Å². The molecule has 1 rings (SSSR count). The molecule has 15 heavy (non-hydrogen) atoms. The van der Waals surface area contributed by atoms with E-state index in [0.717, 1.165) is 44.1 Å². The molecule has 1 saturated carbocycles. The van der Waals surface area contributed by atoms with E-state index in [1.807, 2.05) is 0 Å². The summed E-state index contributed by atoms with van der Waals surface area (Å²) in [6, 6.07) is 0.746. The van der Waals surface area contributed by atoms with Gasteiger partial charge in [-0.15, -0.1) is 0 Å². The predicted molar refractivity (Wildman–Crippen MR) is 65.1 cm³/mol. The highest BCUT2D eigenvalue weighted by atomic mass is 16.5. The average Bonchev–Trinajstić information content (AvgIpc) is 2.23. The fraction of sp³-hybridized carbons (Fsp3) is 1.00. The summed E-state index contributed by atoms with van der Waals surface area (Å²) in [6.45, 7) is 9.67. The minimum Gasteiger partial charge on any atom is -0.382 e. The molecule has 2 heteroatoms. The molecule has 0 aromatic carbocycles. The zero-order valence-electron chi connectivity index (χ0n) is 10.6. The Hall–Kier alpha value is -0.0800. The molecule has 0 aromatic heterocycles. The first kappa shape index (κ1) is 13.0. The highest BCUT2D eigenvalue weighted by Gasteiger charge is 2.24. The quantitative estimate of drug-likeness (QED) is 0.685. The highest BCUT2D eigenvalue weighted by molar-refractivity contribution is 4.80. The molecule has 0 aromatic rings. The van der Waals surface area contributed by atoms with Crippen LogP contribution in [0.1, 0.15) is 46.5 Å². The molecule has 0 saturated heterocycles. The van der Waals surface area contributed by atoms with E-state index in [4.69, 9.17) is 4.74 Å². The zero-order valence-corrected chi connectivity index (χ0v) is 10.6. The first-order valence-electron chi connectivity index (χ1n) is 6.55. The first-order chi connectivity index (χ1) is 7.24. The molecule has 0 spiro atoms. The van der Waals surface area contributed by atoms with E-state index in [2.05, 4.69) is 26.1 Å². The van der Waals surface area contributed by atoms with Crippen LogP contribution >= 0.6 is 0 Å². The third kappa shape index (κ3) is 4.98. The summed E-state index contributed by atoms with van der Waals surface area (Å²) in [5.74, 6) is 1.76. The Labute approximate surface area is 94.8 Å². The van der Waals surface area contributed by atoms with Gasteiger partial charge in [0.1, 0.15) is 0 Å². The van der Waals surface area contributed by atoms with Gasteiger partial charge in [0, 0.05) is 19.3 Å². The molecule has 1 aliphatic rings. The van der Waals surface area contributed by atoms with Gasteiger partial charge in [-0.05, 0) is 44.6 Å². The summed E-state index contributed by atoms with van der Waals surface area (Å²) in [5.41, 5.74) is 0. The van der Waals surface area contributed by atoms with Crippen LogP contribution in [0.4, 0.5) is 0 Å². The Kier molecular flexibility index (Phi) is 6.26. The smallest absolute Gasteiger partial charge is 0.0477 e. The molecule has 2 nitrogen and oxygen atoms in total. The van der Waals surface area contributed by atoms with E-state index in [9.17, 15) is 0 Å². The Morgan fingerprint density at radius 3 is 2.80 bits per heavy atom. The number of nitrogens with one attached hydrogen (secondary N) is 1. The van der Waals surface area contributed by atoms with Gasteiger partial charge in [-0.25, -0.2) is 0 Å². The molecule has 0 radical (unpaired) electrons. The van der Waals surface area contributed by atoms with Crippen LogP contribution in [0.15, 0.2) is 0 Å². The molecule has 90 valence electrons. The van der Waals surface area contributed by atoms with Crippen LogP contribution in [0, 0.1) is 11.8 Å². The fourth-order valence-electron chi connectivity index (χ4n) is 2.42.